The smallest absolute Gasteiger partial charge is 0.164 e. The van der Waals surface area contributed by atoms with Gasteiger partial charge in [0.2, 0.25) is 0 Å². The lowest BCUT2D eigenvalue weighted by Gasteiger charge is -2.07. The molecule has 2 heteroatoms. The molecule has 58 valence electrons. The Morgan fingerprint density at radius 2 is 2.20 bits per heavy atom. The molecule has 1 rings (SSSR count). The van der Waals surface area contributed by atoms with E-state index in [1.165, 1.54) is 0 Å². The van der Waals surface area contributed by atoms with E-state index in [2.05, 4.69) is 6.92 Å². The molecule has 0 aliphatic carbocycles. The quantitative estimate of drug-likeness (QED) is 0.584. The lowest BCUT2D eigenvalue weighted by atomic mass is 10.1. The molecule has 1 aliphatic heterocycles. The van der Waals surface area contributed by atoms with Crippen molar-refractivity contribution in [1.29, 1.82) is 0 Å². The number of carbonyl (C=O) groups is 1. The highest BCUT2D eigenvalue weighted by Crippen LogP contribution is 2.20. The average molecular weight is 142 g/mol. The number of hydrogen-bond acceptors (Lipinski definition) is 2. The fourth-order valence-corrected chi connectivity index (χ4v) is 1.28. The minimum atomic E-state index is -0.0926. The van der Waals surface area contributed by atoms with Gasteiger partial charge in [0, 0.05) is 6.42 Å². The Morgan fingerprint density at radius 1 is 1.50 bits per heavy atom. The van der Waals surface area contributed by atoms with Crippen LogP contribution in [0.15, 0.2) is 0 Å². The van der Waals surface area contributed by atoms with Crippen molar-refractivity contribution in [2.24, 2.45) is 0 Å². The van der Waals surface area contributed by atoms with E-state index in [0.29, 0.717) is 6.42 Å². The predicted molar refractivity (Wildman–Crippen MR) is 38.9 cm³/mol. The second kappa shape index (κ2) is 3.15. The second-order valence-electron chi connectivity index (χ2n) is 2.73. The highest BCUT2D eigenvalue weighted by Gasteiger charge is 2.30. The lowest BCUT2D eigenvalue weighted by Crippen LogP contribution is -2.13. The molecular formula is C8H14O2. The summed E-state index contributed by atoms with van der Waals surface area (Å²) in [4.78, 5) is 11.0. The first kappa shape index (κ1) is 7.73. The maximum absolute atomic E-state index is 11.0. The van der Waals surface area contributed by atoms with Gasteiger partial charge in [-0.25, -0.2) is 0 Å². The summed E-state index contributed by atoms with van der Waals surface area (Å²) in [6.45, 7) is 4.04. The first-order chi connectivity index (χ1) is 4.77. The Labute approximate surface area is 61.6 Å². The van der Waals surface area contributed by atoms with Gasteiger partial charge in [0.25, 0.3) is 0 Å². The van der Waals surface area contributed by atoms with Gasteiger partial charge >= 0.3 is 0 Å². The van der Waals surface area contributed by atoms with Crippen LogP contribution in [0.25, 0.3) is 0 Å². The van der Waals surface area contributed by atoms with Gasteiger partial charge in [0.05, 0.1) is 6.10 Å². The van der Waals surface area contributed by atoms with E-state index in [4.69, 9.17) is 4.74 Å². The Hall–Kier alpha value is -0.370. The third-order valence-corrected chi connectivity index (χ3v) is 1.97. The summed E-state index contributed by atoms with van der Waals surface area (Å²) in [5.41, 5.74) is 0. The molecule has 0 N–H and O–H groups in total. The molecular weight excluding hydrogens is 128 g/mol. The molecule has 2 nitrogen and oxygen atoms in total. The first-order valence-electron chi connectivity index (χ1n) is 3.96. The molecule has 0 aromatic rings. The van der Waals surface area contributed by atoms with Crippen molar-refractivity contribution in [1.82, 2.24) is 0 Å². The summed E-state index contributed by atoms with van der Waals surface area (Å²) >= 11 is 0. The second-order valence-corrected chi connectivity index (χ2v) is 2.73. The van der Waals surface area contributed by atoms with Crippen LogP contribution in [0.1, 0.15) is 33.1 Å². The number of Topliss-reactive ketones (excluding diaryl/α,β-unsaturated/α-hetero) is 1. The monoisotopic (exact) mass is 142 g/mol. The number of carbonyl (C=O) groups excluding carboxylic acids is 1. The minimum Gasteiger partial charge on any atom is -0.367 e. The van der Waals surface area contributed by atoms with E-state index in [9.17, 15) is 4.79 Å². The van der Waals surface area contributed by atoms with Crippen LogP contribution < -0.4 is 0 Å². The molecule has 0 radical (unpaired) electrons. The Balaban J connectivity index is 2.44. The third-order valence-electron chi connectivity index (χ3n) is 1.97. The molecule has 2 atom stereocenters. The summed E-state index contributed by atoms with van der Waals surface area (Å²) in [5.74, 6) is 0.286. The zero-order chi connectivity index (χ0) is 7.56. The average Bonchev–Trinajstić information content (AvgIpc) is 2.30. The zero-order valence-electron chi connectivity index (χ0n) is 6.59. The topological polar surface area (TPSA) is 26.3 Å². The summed E-state index contributed by atoms with van der Waals surface area (Å²) < 4.78 is 5.42. The van der Waals surface area contributed by atoms with E-state index in [0.717, 1.165) is 12.8 Å². The van der Waals surface area contributed by atoms with E-state index in [-0.39, 0.29) is 18.0 Å². The first-order valence-corrected chi connectivity index (χ1v) is 3.96. The van der Waals surface area contributed by atoms with E-state index in [1.807, 2.05) is 6.92 Å². The predicted octanol–water partition coefficient (Wildman–Crippen LogP) is 1.53. The SMILES string of the molecule is CCC1CC(=O)C(CC)O1. The fraction of sp³-hybridized carbons (Fsp3) is 0.875. The maximum Gasteiger partial charge on any atom is 0.164 e. The minimum absolute atomic E-state index is 0.0926. The van der Waals surface area contributed by atoms with Crippen molar-refractivity contribution in [3.8, 4) is 0 Å². The molecule has 1 saturated heterocycles. The Bertz CT molecular complexity index is 131. The van der Waals surface area contributed by atoms with E-state index in [1.54, 1.807) is 0 Å². The van der Waals surface area contributed by atoms with E-state index < -0.39 is 0 Å². The summed E-state index contributed by atoms with van der Waals surface area (Å²) in [6.07, 6.45) is 2.54. The van der Waals surface area contributed by atoms with Crippen LogP contribution in [-0.2, 0) is 9.53 Å². The third kappa shape index (κ3) is 1.37. The molecule has 0 saturated carbocycles. The van der Waals surface area contributed by atoms with Crippen LogP contribution in [0.5, 0.6) is 0 Å². The van der Waals surface area contributed by atoms with Gasteiger partial charge < -0.3 is 4.74 Å². The van der Waals surface area contributed by atoms with Crippen molar-refractivity contribution in [2.75, 3.05) is 0 Å². The molecule has 1 fully saturated rings. The fourth-order valence-electron chi connectivity index (χ4n) is 1.28. The lowest BCUT2D eigenvalue weighted by molar-refractivity contribution is -0.122. The van der Waals surface area contributed by atoms with Gasteiger partial charge in [-0.15, -0.1) is 0 Å². The van der Waals surface area contributed by atoms with Gasteiger partial charge in [-0.1, -0.05) is 13.8 Å². The zero-order valence-corrected chi connectivity index (χ0v) is 6.59. The van der Waals surface area contributed by atoms with Gasteiger partial charge in [-0.05, 0) is 12.8 Å². The number of ketones is 1. The summed E-state index contributed by atoms with van der Waals surface area (Å²) in [7, 11) is 0. The molecule has 1 heterocycles. The maximum atomic E-state index is 11.0. The van der Waals surface area contributed by atoms with Gasteiger partial charge in [0.1, 0.15) is 6.10 Å². The molecule has 0 amide bonds. The highest BCUT2D eigenvalue weighted by atomic mass is 16.5. The molecule has 10 heavy (non-hydrogen) atoms. The largest absolute Gasteiger partial charge is 0.367 e. The normalized spacial score (nSPS) is 33.2. The molecule has 0 spiro atoms. The highest BCUT2D eigenvalue weighted by molar-refractivity contribution is 5.85. The van der Waals surface area contributed by atoms with Crippen molar-refractivity contribution < 1.29 is 9.53 Å². The molecule has 0 bridgehead atoms. The number of rotatable bonds is 2. The van der Waals surface area contributed by atoms with Gasteiger partial charge in [-0.3, -0.25) is 4.79 Å². The summed E-state index contributed by atoms with van der Waals surface area (Å²) in [6, 6.07) is 0. The molecule has 1 aliphatic rings. The Morgan fingerprint density at radius 3 is 2.50 bits per heavy atom. The number of hydrogen-bond donors (Lipinski definition) is 0. The van der Waals surface area contributed by atoms with Crippen molar-refractivity contribution >= 4 is 5.78 Å². The molecule has 0 aromatic carbocycles. The van der Waals surface area contributed by atoms with Crippen LogP contribution >= 0.6 is 0 Å². The van der Waals surface area contributed by atoms with Gasteiger partial charge in [0.15, 0.2) is 5.78 Å². The number of ether oxygens (including phenoxy) is 1. The van der Waals surface area contributed by atoms with Crippen molar-refractivity contribution in [3.05, 3.63) is 0 Å². The van der Waals surface area contributed by atoms with Crippen molar-refractivity contribution in [3.63, 3.8) is 0 Å². The summed E-state index contributed by atoms with van der Waals surface area (Å²) in [5, 5.41) is 0. The van der Waals surface area contributed by atoms with Crippen LogP contribution in [0.2, 0.25) is 0 Å². The molecule has 0 aromatic heterocycles. The van der Waals surface area contributed by atoms with Crippen LogP contribution in [0.3, 0.4) is 0 Å². The molecule has 2 unspecified atom stereocenters. The standard InChI is InChI=1S/C8H14O2/c1-3-6-5-7(9)8(4-2)10-6/h6,8H,3-5H2,1-2H3. The van der Waals surface area contributed by atoms with Crippen LogP contribution in [0.4, 0.5) is 0 Å². The van der Waals surface area contributed by atoms with Gasteiger partial charge in [-0.2, -0.15) is 0 Å². The van der Waals surface area contributed by atoms with Crippen LogP contribution in [0, 0.1) is 0 Å². The van der Waals surface area contributed by atoms with Crippen LogP contribution in [-0.4, -0.2) is 18.0 Å². The van der Waals surface area contributed by atoms with Crippen molar-refractivity contribution in [2.45, 2.75) is 45.3 Å². The van der Waals surface area contributed by atoms with E-state index >= 15 is 0 Å². The Kier molecular flexibility index (Phi) is 2.44.